The molecule has 0 spiro atoms. The van der Waals surface area contributed by atoms with E-state index in [0.29, 0.717) is 5.89 Å². The molecule has 0 aliphatic heterocycles. The zero-order valence-corrected chi connectivity index (χ0v) is 8.42. The Labute approximate surface area is 83.8 Å². The zero-order valence-electron chi connectivity index (χ0n) is 8.42. The summed E-state index contributed by atoms with van der Waals surface area (Å²) in [4.78, 5) is 4.39. The first-order valence-corrected chi connectivity index (χ1v) is 5.19. The fourth-order valence-corrected chi connectivity index (χ4v) is 1.79. The highest BCUT2D eigenvalue weighted by molar-refractivity contribution is 5.15. The van der Waals surface area contributed by atoms with Gasteiger partial charge in [0, 0.05) is 6.42 Å². The minimum Gasteiger partial charge on any atom is -0.444 e. The van der Waals surface area contributed by atoms with Gasteiger partial charge in [0.05, 0.1) is 11.8 Å². The smallest absolute Gasteiger partial charge is 0.211 e. The highest BCUT2D eigenvalue weighted by Crippen LogP contribution is 2.24. The molecule has 74 valence electrons. The van der Waals surface area contributed by atoms with Gasteiger partial charge in [-0.3, -0.25) is 0 Å². The van der Waals surface area contributed by atoms with E-state index >= 15 is 0 Å². The molecule has 1 aliphatic rings. The topological polar surface area (TPSA) is 49.8 Å². The van der Waals surface area contributed by atoms with Crippen molar-refractivity contribution in [3.8, 4) is 6.07 Å². The summed E-state index contributed by atoms with van der Waals surface area (Å²) >= 11 is 0. The molecule has 0 saturated carbocycles. The number of fused-ring (bicyclic) bond motifs is 1. The second-order valence-electron chi connectivity index (χ2n) is 3.83. The van der Waals surface area contributed by atoms with Crippen LogP contribution in [-0.4, -0.2) is 4.98 Å². The number of aryl methyl sites for hydroxylation is 2. The molecule has 1 unspecified atom stereocenters. The molecule has 0 saturated heterocycles. The zero-order chi connectivity index (χ0) is 9.97. The Morgan fingerprint density at radius 3 is 2.93 bits per heavy atom. The number of aromatic nitrogens is 1. The van der Waals surface area contributed by atoms with Crippen LogP contribution in [0.15, 0.2) is 4.42 Å². The van der Waals surface area contributed by atoms with E-state index in [-0.39, 0.29) is 5.92 Å². The van der Waals surface area contributed by atoms with Crippen LogP contribution in [-0.2, 0) is 12.8 Å². The lowest BCUT2D eigenvalue weighted by Gasteiger charge is -1.94. The van der Waals surface area contributed by atoms with Gasteiger partial charge in [-0.1, -0.05) is 6.42 Å². The van der Waals surface area contributed by atoms with Crippen LogP contribution in [0.25, 0.3) is 0 Å². The Hall–Kier alpha value is -1.30. The summed E-state index contributed by atoms with van der Waals surface area (Å²) < 4.78 is 5.61. The van der Waals surface area contributed by atoms with E-state index in [1.54, 1.807) is 0 Å². The summed E-state index contributed by atoms with van der Waals surface area (Å²) in [6.07, 6.45) is 5.63. The maximum atomic E-state index is 8.75. The average Bonchev–Trinajstić information content (AvgIpc) is 2.49. The van der Waals surface area contributed by atoms with Crippen molar-refractivity contribution in [3.63, 3.8) is 0 Å². The molecular formula is C11H14N2O. The van der Waals surface area contributed by atoms with Gasteiger partial charge in [-0.25, -0.2) is 4.98 Å². The van der Waals surface area contributed by atoms with Crippen LogP contribution in [0.4, 0.5) is 0 Å². The Bertz CT molecular complexity index is 338. The number of hydrogen-bond acceptors (Lipinski definition) is 3. The van der Waals surface area contributed by atoms with Crippen molar-refractivity contribution in [2.24, 2.45) is 0 Å². The van der Waals surface area contributed by atoms with Gasteiger partial charge in [0.1, 0.15) is 11.7 Å². The van der Waals surface area contributed by atoms with Crippen LogP contribution in [0.3, 0.4) is 0 Å². The normalized spacial score (nSPS) is 18.0. The molecule has 1 heterocycles. The second-order valence-corrected chi connectivity index (χ2v) is 3.83. The molecule has 0 bridgehead atoms. The highest BCUT2D eigenvalue weighted by Gasteiger charge is 2.18. The first kappa shape index (κ1) is 9.26. The van der Waals surface area contributed by atoms with Gasteiger partial charge in [-0.15, -0.1) is 0 Å². The van der Waals surface area contributed by atoms with Gasteiger partial charge in [0.2, 0.25) is 5.89 Å². The molecule has 1 atom stereocenters. The molecule has 0 N–H and O–H groups in total. The van der Waals surface area contributed by atoms with Crippen molar-refractivity contribution in [2.45, 2.75) is 44.9 Å². The summed E-state index contributed by atoms with van der Waals surface area (Å²) in [5.74, 6) is 1.39. The van der Waals surface area contributed by atoms with Gasteiger partial charge >= 0.3 is 0 Å². The van der Waals surface area contributed by atoms with Crippen LogP contribution in [0.1, 0.15) is 49.4 Å². The third-order valence-electron chi connectivity index (χ3n) is 2.68. The quantitative estimate of drug-likeness (QED) is 0.639. The standard InChI is InChI=1S/C11H14N2O/c1-8(7-12)11-13-9-5-3-2-4-6-10(9)14-11/h8H,2-6H2,1H3. The van der Waals surface area contributed by atoms with Gasteiger partial charge in [-0.2, -0.15) is 5.26 Å². The highest BCUT2D eigenvalue weighted by atomic mass is 16.4. The number of hydrogen-bond donors (Lipinski definition) is 0. The van der Waals surface area contributed by atoms with E-state index in [2.05, 4.69) is 11.1 Å². The summed E-state index contributed by atoms with van der Waals surface area (Å²) in [6, 6.07) is 2.15. The van der Waals surface area contributed by atoms with Crippen molar-refractivity contribution in [2.75, 3.05) is 0 Å². The summed E-state index contributed by atoms with van der Waals surface area (Å²) in [5, 5.41) is 8.75. The van der Waals surface area contributed by atoms with Gasteiger partial charge in [0.15, 0.2) is 0 Å². The van der Waals surface area contributed by atoms with Gasteiger partial charge in [0.25, 0.3) is 0 Å². The predicted molar refractivity (Wildman–Crippen MR) is 51.8 cm³/mol. The number of rotatable bonds is 1. The fourth-order valence-electron chi connectivity index (χ4n) is 1.79. The van der Waals surface area contributed by atoms with Crippen LogP contribution in [0.2, 0.25) is 0 Å². The van der Waals surface area contributed by atoms with Crippen molar-refractivity contribution in [3.05, 3.63) is 17.3 Å². The summed E-state index contributed by atoms with van der Waals surface area (Å²) in [5.41, 5.74) is 1.08. The number of oxazole rings is 1. The Morgan fingerprint density at radius 1 is 1.36 bits per heavy atom. The molecule has 2 rings (SSSR count). The van der Waals surface area contributed by atoms with Crippen molar-refractivity contribution in [1.29, 1.82) is 5.26 Å². The van der Waals surface area contributed by atoms with E-state index < -0.39 is 0 Å². The minimum absolute atomic E-state index is 0.220. The van der Waals surface area contributed by atoms with E-state index in [1.165, 1.54) is 19.3 Å². The van der Waals surface area contributed by atoms with Crippen molar-refractivity contribution >= 4 is 0 Å². The SMILES string of the molecule is CC(C#N)c1nc2c(o1)CCCCC2. The first-order valence-electron chi connectivity index (χ1n) is 5.19. The van der Waals surface area contributed by atoms with Crippen LogP contribution >= 0.6 is 0 Å². The first-order chi connectivity index (χ1) is 6.81. The molecule has 1 aromatic rings. The lowest BCUT2D eigenvalue weighted by atomic mass is 10.2. The van der Waals surface area contributed by atoms with E-state index in [0.717, 1.165) is 24.3 Å². The summed E-state index contributed by atoms with van der Waals surface area (Å²) in [7, 11) is 0. The average molecular weight is 190 g/mol. The second kappa shape index (κ2) is 3.83. The molecule has 1 aliphatic carbocycles. The molecule has 0 aromatic carbocycles. The van der Waals surface area contributed by atoms with Crippen molar-refractivity contribution < 1.29 is 4.42 Å². The monoisotopic (exact) mass is 190 g/mol. The maximum Gasteiger partial charge on any atom is 0.211 e. The third-order valence-corrected chi connectivity index (χ3v) is 2.68. The third kappa shape index (κ3) is 1.65. The molecule has 3 nitrogen and oxygen atoms in total. The van der Waals surface area contributed by atoms with E-state index in [9.17, 15) is 0 Å². The molecular weight excluding hydrogens is 176 g/mol. The molecule has 0 amide bonds. The summed E-state index contributed by atoms with van der Waals surface area (Å²) in [6.45, 7) is 1.82. The van der Waals surface area contributed by atoms with E-state index in [4.69, 9.17) is 9.68 Å². The minimum atomic E-state index is -0.220. The molecule has 14 heavy (non-hydrogen) atoms. The number of nitriles is 1. The fraction of sp³-hybridized carbons (Fsp3) is 0.636. The van der Waals surface area contributed by atoms with E-state index in [1.807, 2.05) is 6.92 Å². The Balaban J connectivity index is 2.27. The molecule has 1 aromatic heterocycles. The van der Waals surface area contributed by atoms with Crippen LogP contribution in [0.5, 0.6) is 0 Å². The largest absolute Gasteiger partial charge is 0.444 e. The Morgan fingerprint density at radius 2 is 2.14 bits per heavy atom. The van der Waals surface area contributed by atoms with Crippen LogP contribution in [0, 0.1) is 11.3 Å². The van der Waals surface area contributed by atoms with Crippen LogP contribution < -0.4 is 0 Å². The maximum absolute atomic E-state index is 8.75. The van der Waals surface area contributed by atoms with Crippen molar-refractivity contribution in [1.82, 2.24) is 4.98 Å². The van der Waals surface area contributed by atoms with Gasteiger partial charge in [-0.05, 0) is 26.2 Å². The lowest BCUT2D eigenvalue weighted by Crippen LogP contribution is -1.91. The molecule has 0 fully saturated rings. The molecule has 0 radical (unpaired) electrons. The van der Waals surface area contributed by atoms with Gasteiger partial charge < -0.3 is 4.42 Å². The Kier molecular flexibility index (Phi) is 2.53. The predicted octanol–water partition coefficient (Wildman–Crippen LogP) is 2.57. The lowest BCUT2D eigenvalue weighted by molar-refractivity contribution is 0.443. The number of nitrogens with zero attached hydrogens (tertiary/aromatic N) is 2. The molecule has 3 heteroatoms.